The van der Waals surface area contributed by atoms with E-state index in [9.17, 15) is 9.59 Å². The Hall–Kier alpha value is -0.770. The van der Waals surface area contributed by atoms with E-state index in [2.05, 4.69) is 0 Å². The first-order valence-electron chi connectivity index (χ1n) is 4.38. The predicted octanol–water partition coefficient (Wildman–Crippen LogP) is 1.50. The van der Waals surface area contributed by atoms with Crippen LogP contribution in [0.3, 0.4) is 0 Å². The molecule has 1 atom stereocenters. The number of halogens is 1. The molecule has 1 unspecified atom stereocenters. The third kappa shape index (κ3) is 6.71. The summed E-state index contributed by atoms with van der Waals surface area (Å²) in [6, 6.07) is 0. The summed E-state index contributed by atoms with van der Waals surface area (Å²) < 4.78 is 9.66. The average Bonchev–Trinajstić information content (AvgIpc) is 2.00. The molecule has 0 aliphatic rings. The zero-order chi connectivity index (χ0) is 11.1. The second kappa shape index (κ2) is 6.65. The number of hydrogen-bond acceptors (Lipinski definition) is 4. The standard InChI is InChI=1S/C9H15ClO4/c1-6(2)13-9(12)4-8(5-10)14-7(3)11/h6,8H,4-5H2,1-3H3. The Balaban J connectivity index is 3.92. The lowest BCUT2D eigenvalue weighted by atomic mass is 10.3. The Morgan fingerprint density at radius 3 is 2.21 bits per heavy atom. The molecule has 0 fully saturated rings. The maximum atomic E-state index is 11.1. The summed E-state index contributed by atoms with van der Waals surface area (Å²) in [5.41, 5.74) is 0. The lowest BCUT2D eigenvalue weighted by Gasteiger charge is -2.14. The first-order valence-corrected chi connectivity index (χ1v) is 4.91. The van der Waals surface area contributed by atoms with E-state index >= 15 is 0 Å². The van der Waals surface area contributed by atoms with Gasteiger partial charge in [-0.05, 0) is 13.8 Å². The maximum Gasteiger partial charge on any atom is 0.309 e. The molecule has 14 heavy (non-hydrogen) atoms. The van der Waals surface area contributed by atoms with Crippen LogP contribution in [0.4, 0.5) is 0 Å². The van der Waals surface area contributed by atoms with Crippen LogP contribution in [-0.2, 0) is 19.1 Å². The van der Waals surface area contributed by atoms with Gasteiger partial charge in [0.2, 0.25) is 0 Å². The Kier molecular flexibility index (Phi) is 6.28. The molecule has 0 radical (unpaired) electrons. The van der Waals surface area contributed by atoms with Gasteiger partial charge in [-0.2, -0.15) is 0 Å². The van der Waals surface area contributed by atoms with E-state index in [4.69, 9.17) is 21.1 Å². The van der Waals surface area contributed by atoms with Crippen LogP contribution in [0.2, 0.25) is 0 Å². The molecular formula is C9H15ClO4. The minimum Gasteiger partial charge on any atom is -0.463 e. The normalized spacial score (nSPS) is 12.4. The van der Waals surface area contributed by atoms with Crippen LogP contribution in [0.15, 0.2) is 0 Å². The summed E-state index contributed by atoms with van der Waals surface area (Å²) in [5.74, 6) is -0.771. The summed E-state index contributed by atoms with van der Waals surface area (Å²) in [7, 11) is 0. The van der Waals surface area contributed by atoms with Gasteiger partial charge in [0, 0.05) is 6.92 Å². The van der Waals surface area contributed by atoms with Crippen LogP contribution in [0.1, 0.15) is 27.2 Å². The minimum absolute atomic E-state index is 0.00125. The number of ether oxygens (including phenoxy) is 2. The van der Waals surface area contributed by atoms with Crippen molar-refractivity contribution < 1.29 is 19.1 Å². The molecule has 0 spiro atoms. The summed E-state index contributed by atoms with van der Waals surface area (Å²) in [6.07, 6.45) is -0.766. The zero-order valence-corrected chi connectivity index (χ0v) is 9.34. The highest BCUT2D eigenvalue weighted by Gasteiger charge is 2.17. The molecule has 0 aromatic carbocycles. The summed E-state index contributed by atoms with van der Waals surface area (Å²) >= 11 is 5.51. The summed E-state index contributed by atoms with van der Waals surface area (Å²) in [5, 5.41) is 0. The van der Waals surface area contributed by atoms with Gasteiger partial charge in [0.25, 0.3) is 0 Å². The molecule has 0 aromatic heterocycles. The van der Waals surface area contributed by atoms with Gasteiger partial charge in [-0.15, -0.1) is 11.6 Å². The molecule has 4 nitrogen and oxygen atoms in total. The van der Waals surface area contributed by atoms with Crippen LogP contribution in [0.25, 0.3) is 0 Å². The van der Waals surface area contributed by atoms with Gasteiger partial charge in [0.15, 0.2) is 0 Å². The van der Waals surface area contributed by atoms with Crippen molar-refractivity contribution in [1.82, 2.24) is 0 Å². The molecule has 0 amide bonds. The van der Waals surface area contributed by atoms with E-state index in [0.717, 1.165) is 0 Å². The number of esters is 2. The Morgan fingerprint density at radius 1 is 1.29 bits per heavy atom. The van der Waals surface area contributed by atoms with Crippen molar-refractivity contribution in [2.75, 3.05) is 5.88 Å². The first kappa shape index (κ1) is 13.2. The smallest absolute Gasteiger partial charge is 0.309 e. The van der Waals surface area contributed by atoms with Crippen molar-refractivity contribution in [1.29, 1.82) is 0 Å². The van der Waals surface area contributed by atoms with Gasteiger partial charge in [-0.25, -0.2) is 0 Å². The van der Waals surface area contributed by atoms with Crippen molar-refractivity contribution in [3.05, 3.63) is 0 Å². The molecular weight excluding hydrogens is 208 g/mol. The van der Waals surface area contributed by atoms with Gasteiger partial charge >= 0.3 is 11.9 Å². The average molecular weight is 223 g/mol. The molecule has 0 saturated carbocycles. The Labute approximate surface area is 88.5 Å². The van der Waals surface area contributed by atoms with E-state index < -0.39 is 18.0 Å². The summed E-state index contributed by atoms with van der Waals surface area (Å²) in [4.78, 5) is 21.7. The molecule has 0 N–H and O–H groups in total. The zero-order valence-electron chi connectivity index (χ0n) is 8.58. The van der Waals surface area contributed by atoms with Gasteiger partial charge in [0.1, 0.15) is 6.10 Å². The number of carbonyl (C=O) groups is 2. The largest absolute Gasteiger partial charge is 0.463 e. The van der Waals surface area contributed by atoms with Crippen molar-refractivity contribution in [2.24, 2.45) is 0 Å². The highest BCUT2D eigenvalue weighted by molar-refractivity contribution is 6.18. The van der Waals surface area contributed by atoms with Gasteiger partial charge in [-0.3, -0.25) is 9.59 Å². The molecule has 0 aromatic rings. The van der Waals surface area contributed by atoms with Crippen molar-refractivity contribution in [3.8, 4) is 0 Å². The molecule has 0 aliphatic carbocycles. The molecule has 0 aliphatic heterocycles. The van der Waals surface area contributed by atoms with E-state index in [-0.39, 0.29) is 18.4 Å². The molecule has 5 heteroatoms. The van der Waals surface area contributed by atoms with Gasteiger partial charge in [0.05, 0.1) is 18.4 Å². The van der Waals surface area contributed by atoms with Crippen molar-refractivity contribution in [2.45, 2.75) is 39.4 Å². The van der Waals surface area contributed by atoms with Crippen molar-refractivity contribution >= 4 is 23.5 Å². The van der Waals surface area contributed by atoms with Gasteiger partial charge < -0.3 is 9.47 Å². The Morgan fingerprint density at radius 2 is 1.86 bits per heavy atom. The number of alkyl halides is 1. The third-order valence-corrected chi connectivity index (χ3v) is 1.61. The third-order valence-electron chi connectivity index (χ3n) is 1.27. The van der Waals surface area contributed by atoms with Crippen LogP contribution in [0, 0.1) is 0 Å². The van der Waals surface area contributed by atoms with Crippen LogP contribution in [-0.4, -0.2) is 30.0 Å². The molecule has 0 heterocycles. The van der Waals surface area contributed by atoms with E-state index in [1.54, 1.807) is 13.8 Å². The topological polar surface area (TPSA) is 52.6 Å². The van der Waals surface area contributed by atoms with Crippen LogP contribution in [0.5, 0.6) is 0 Å². The molecule has 0 rings (SSSR count). The molecule has 0 saturated heterocycles. The molecule has 0 bridgehead atoms. The fraction of sp³-hybridized carbons (Fsp3) is 0.778. The quantitative estimate of drug-likeness (QED) is 0.523. The minimum atomic E-state index is -0.597. The predicted molar refractivity (Wildman–Crippen MR) is 52.1 cm³/mol. The number of rotatable bonds is 5. The van der Waals surface area contributed by atoms with E-state index in [0.29, 0.717) is 0 Å². The highest BCUT2D eigenvalue weighted by atomic mass is 35.5. The number of hydrogen-bond donors (Lipinski definition) is 0. The fourth-order valence-corrected chi connectivity index (χ4v) is 1.03. The lowest BCUT2D eigenvalue weighted by molar-refractivity contribution is -0.154. The number of carbonyl (C=O) groups excluding carboxylic acids is 2. The second-order valence-corrected chi connectivity index (χ2v) is 3.44. The van der Waals surface area contributed by atoms with Crippen molar-refractivity contribution in [3.63, 3.8) is 0 Å². The monoisotopic (exact) mass is 222 g/mol. The van der Waals surface area contributed by atoms with Crippen LogP contribution < -0.4 is 0 Å². The maximum absolute atomic E-state index is 11.1. The Bertz CT molecular complexity index is 203. The summed E-state index contributed by atoms with van der Waals surface area (Å²) in [6.45, 7) is 4.77. The fourth-order valence-electron chi connectivity index (χ4n) is 0.859. The SMILES string of the molecule is CC(=O)OC(CCl)CC(=O)OC(C)C. The van der Waals surface area contributed by atoms with Crippen LogP contribution >= 0.6 is 11.6 Å². The first-order chi connectivity index (χ1) is 6.45. The van der Waals surface area contributed by atoms with Gasteiger partial charge in [-0.1, -0.05) is 0 Å². The van der Waals surface area contributed by atoms with E-state index in [1.807, 2.05) is 0 Å². The van der Waals surface area contributed by atoms with E-state index in [1.165, 1.54) is 6.92 Å². The second-order valence-electron chi connectivity index (χ2n) is 3.13. The lowest BCUT2D eigenvalue weighted by Crippen LogP contribution is -2.24. The highest BCUT2D eigenvalue weighted by Crippen LogP contribution is 2.05. The molecule has 82 valence electrons.